The average molecular weight is 318 g/mol. The van der Waals surface area contributed by atoms with Crippen LogP contribution in [0.2, 0.25) is 0 Å². The van der Waals surface area contributed by atoms with Gasteiger partial charge in [0.25, 0.3) is 0 Å². The molecule has 0 bridgehead atoms. The summed E-state index contributed by atoms with van der Waals surface area (Å²) in [4.78, 5) is 12.2. The fraction of sp³-hybridized carbons (Fsp3) is 0.0952. The largest absolute Gasteiger partial charge is 0.457 e. The standard InChI is InChI=1S/C21H18O3/c1-16(17-8-4-2-5-9-17)23-21(22)18-12-14-20(15-13-18)24-19-10-6-3-7-11-19/h2-16H,1H3. The molecule has 3 aromatic carbocycles. The molecule has 0 N–H and O–H groups in total. The number of carbonyl (C=O) groups is 1. The summed E-state index contributed by atoms with van der Waals surface area (Å²) in [6.07, 6.45) is -0.293. The Hall–Kier alpha value is -3.07. The molecule has 0 fully saturated rings. The smallest absolute Gasteiger partial charge is 0.338 e. The minimum Gasteiger partial charge on any atom is -0.457 e. The van der Waals surface area contributed by atoms with Gasteiger partial charge in [0, 0.05) is 0 Å². The summed E-state index contributed by atoms with van der Waals surface area (Å²) in [6.45, 7) is 1.86. The summed E-state index contributed by atoms with van der Waals surface area (Å²) >= 11 is 0. The van der Waals surface area contributed by atoms with E-state index < -0.39 is 0 Å². The first-order valence-electron chi connectivity index (χ1n) is 7.81. The van der Waals surface area contributed by atoms with Crippen LogP contribution < -0.4 is 4.74 Å². The van der Waals surface area contributed by atoms with Crippen LogP contribution in [-0.4, -0.2) is 5.97 Å². The van der Waals surface area contributed by atoms with E-state index in [4.69, 9.17) is 9.47 Å². The Morgan fingerprint density at radius 3 is 1.92 bits per heavy atom. The summed E-state index contributed by atoms with van der Waals surface area (Å²) in [6, 6.07) is 26.1. The topological polar surface area (TPSA) is 35.5 Å². The number of rotatable bonds is 5. The summed E-state index contributed by atoms with van der Waals surface area (Å²) in [5, 5.41) is 0. The molecule has 24 heavy (non-hydrogen) atoms. The minimum atomic E-state index is -0.349. The minimum absolute atomic E-state index is 0.293. The number of carbonyl (C=O) groups excluding carboxylic acids is 1. The van der Waals surface area contributed by atoms with Gasteiger partial charge in [-0.2, -0.15) is 0 Å². The molecule has 0 saturated heterocycles. The summed E-state index contributed by atoms with van der Waals surface area (Å²) in [7, 11) is 0. The summed E-state index contributed by atoms with van der Waals surface area (Å²) in [5.74, 6) is 1.08. The maximum atomic E-state index is 12.2. The van der Waals surface area contributed by atoms with Crippen LogP contribution in [0.5, 0.6) is 11.5 Å². The van der Waals surface area contributed by atoms with E-state index >= 15 is 0 Å². The Labute approximate surface area is 141 Å². The van der Waals surface area contributed by atoms with Crippen LogP contribution in [0, 0.1) is 0 Å². The monoisotopic (exact) mass is 318 g/mol. The van der Waals surface area contributed by atoms with Gasteiger partial charge >= 0.3 is 5.97 Å². The highest BCUT2D eigenvalue weighted by Crippen LogP contribution is 2.23. The van der Waals surface area contributed by atoms with Crippen molar-refractivity contribution < 1.29 is 14.3 Å². The third-order valence-electron chi connectivity index (χ3n) is 3.62. The normalized spacial score (nSPS) is 11.5. The van der Waals surface area contributed by atoms with E-state index in [1.807, 2.05) is 67.6 Å². The molecule has 0 aliphatic heterocycles. The van der Waals surface area contributed by atoms with Gasteiger partial charge in [0.15, 0.2) is 0 Å². The van der Waals surface area contributed by atoms with E-state index in [1.54, 1.807) is 24.3 Å². The van der Waals surface area contributed by atoms with Crippen molar-refractivity contribution in [3.05, 3.63) is 96.1 Å². The zero-order chi connectivity index (χ0) is 16.8. The Balaban J connectivity index is 1.63. The van der Waals surface area contributed by atoms with Crippen molar-refractivity contribution in [1.29, 1.82) is 0 Å². The van der Waals surface area contributed by atoms with Crippen LogP contribution in [-0.2, 0) is 4.74 Å². The fourth-order valence-electron chi connectivity index (χ4n) is 2.30. The molecule has 0 saturated carbocycles. The molecule has 0 spiro atoms. The highest BCUT2D eigenvalue weighted by atomic mass is 16.5. The second-order valence-electron chi connectivity index (χ2n) is 5.40. The maximum absolute atomic E-state index is 12.2. The molecule has 1 atom stereocenters. The molecule has 120 valence electrons. The fourth-order valence-corrected chi connectivity index (χ4v) is 2.30. The van der Waals surface area contributed by atoms with Crippen molar-refractivity contribution in [2.75, 3.05) is 0 Å². The lowest BCUT2D eigenvalue weighted by molar-refractivity contribution is 0.0338. The predicted octanol–water partition coefficient (Wildman–Crippen LogP) is 5.40. The van der Waals surface area contributed by atoms with Gasteiger partial charge in [-0.05, 0) is 48.9 Å². The molecule has 0 radical (unpaired) electrons. The van der Waals surface area contributed by atoms with Gasteiger partial charge in [0.2, 0.25) is 0 Å². The zero-order valence-corrected chi connectivity index (χ0v) is 13.4. The van der Waals surface area contributed by atoms with Gasteiger partial charge < -0.3 is 9.47 Å². The Bertz CT molecular complexity index is 780. The average Bonchev–Trinajstić information content (AvgIpc) is 2.64. The summed E-state index contributed by atoms with van der Waals surface area (Å²) < 4.78 is 11.2. The molecule has 0 heterocycles. The van der Waals surface area contributed by atoms with E-state index in [1.165, 1.54) is 0 Å². The van der Waals surface area contributed by atoms with E-state index in [2.05, 4.69) is 0 Å². The van der Waals surface area contributed by atoms with E-state index in [0.717, 1.165) is 11.3 Å². The SMILES string of the molecule is CC(OC(=O)c1ccc(Oc2ccccc2)cc1)c1ccccc1. The second-order valence-corrected chi connectivity index (χ2v) is 5.40. The van der Waals surface area contributed by atoms with Gasteiger partial charge in [-0.15, -0.1) is 0 Å². The van der Waals surface area contributed by atoms with Crippen molar-refractivity contribution in [3.63, 3.8) is 0 Å². The first kappa shape index (κ1) is 15.8. The Kier molecular flexibility index (Phi) is 4.92. The molecule has 3 rings (SSSR count). The molecule has 3 nitrogen and oxygen atoms in total. The first-order valence-corrected chi connectivity index (χ1v) is 7.81. The van der Waals surface area contributed by atoms with Crippen molar-refractivity contribution in [1.82, 2.24) is 0 Å². The van der Waals surface area contributed by atoms with Crippen LogP contribution in [0.25, 0.3) is 0 Å². The van der Waals surface area contributed by atoms with Gasteiger partial charge in [0.05, 0.1) is 5.56 Å². The van der Waals surface area contributed by atoms with Gasteiger partial charge in [0.1, 0.15) is 17.6 Å². The molecular weight excluding hydrogens is 300 g/mol. The number of hydrogen-bond acceptors (Lipinski definition) is 3. The van der Waals surface area contributed by atoms with Gasteiger partial charge in [-0.3, -0.25) is 0 Å². The van der Waals surface area contributed by atoms with E-state index in [-0.39, 0.29) is 12.1 Å². The van der Waals surface area contributed by atoms with E-state index in [0.29, 0.717) is 11.3 Å². The number of ether oxygens (including phenoxy) is 2. The predicted molar refractivity (Wildman–Crippen MR) is 93.2 cm³/mol. The molecule has 0 amide bonds. The van der Waals surface area contributed by atoms with Crippen molar-refractivity contribution in [2.45, 2.75) is 13.0 Å². The Morgan fingerprint density at radius 2 is 1.29 bits per heavy atom. The molecule has 1 unspecified atom stereocenters. The van der Waals surface area contributed by atoms with Crippen LogP contribution in [0.4, 0.5) is 0 Å². The number of benzene rings is 3. The highest BCUT2D eigenvalue weighted by molar-refractivity contribution is 5.89. The van der Waals surface area contributed by atoms with E-state index in [9.17, 15) is 4.79 Å². The molecular formula is C21H18O3. The van der Waals surface area contributed by atoms with Crippen LogP contribution >= 0.6 is 0 Å². The van der Waals surface area contributed by atoms with Gasteiger partial charge in [-0.25, -0.2) is 4.79 Å². The third kappa shape index (κ3) is 4.02. The molecule has 3 heteroatoms. The van der Waals surface area contributed by atoms with Crippen molar-refractivity contribution in [3.8, 4) is 11.5 Å². The molecule has 0 aliphatic carbocycles. The first-order chi connectivity index (χ1) is 11.7. The molecule has 0 aromatic heterocycles. The third-order valence-corrected chi connectivity index (χ3v) is 3.62. The number of para-hydroxylation sites is 1. The van der Waals surface area contributed by atoms with Crippen molar-refractivity contribution >= 4 is 5.97 Å². The van der Waals surface area contributed by atoms with Crippen LogP contribution in [0.15, 0.2) is 84.9 Å². The quantitative estimate of drug-likeness (QED) is 0.591. The summed E-state index contributed by atoms with van der Waals surface area (Å²) in [5.41, 5.74) is 1.47. The lowest BCUT2D eigenvalue weighted by Gasteiger charge is -2.13. The van der Waals surface area contributed by atoms with Crippen LogP contribution in [0.3, 0.4) is 0 Å². The van der Waals surface area contributed by atoms with Crippen molar-refractivity contribution in [2.24, 2.45) is 0 Å². The number of esters is 1. The Morgan fingerprint density at radius 1 is 0.750 bits per heavy atom. The maximum Gasteiger partial charge on any atom is 0.338 e. The second kappa shape index (κ2) is 7.47. The zero-order valence-electron chi connectivity index (χ0n) is 13.4. The lowest BCUT2D eigenvalue weighted by Crippen LogP contribution is -2.09. The molecule has 0 aliphatic rings. The molecule has 3 aromatic rings. The number of hydrogen-bond donors (Lipinski definition) is 0. The van der Waals surface area contributed by atoms with Crippen LogP contribution in [0.1, 0.15) is 28.9 Å². The lowest BCUT2D eigenvalue weighted by atomic mass is 10.1. The highest BCUT2D eigenvalue weighted by Gasteiger charge is 2.13. The van der Waals surface area contributed by atoms with Gasteiger partial charge in [-0.1, -0.05) is 48.5 Å².